The van der Waals surface area contributed by atoms with Crippen LogP contribution in [-0.2, 0) is 0 Å². The molecule has 3 nitrogen and oxygen atoms in total. The molecule has 2 aromatic rings. The van der Waals surface area contributed by atoms with Gasteiger partial charge in [0.2, 0.25) is 0 Å². The highest BCUT2D eigenvalue weighted by Crippen LogP contribution is 2.34. The number of rotatable bonds is 4. The molecule has 1 aromatic heterocycles. The van der Waals surface area contributed by atoms with Gasteiger partial charge in [-0.1, -0.05) is 29.8 Å². The van der Waals surface area contributed by atoms with E-state index in [1.807, 2.05) is 6.07 Å². The van der Waals surface area contributed by atoms with Crippen molar-refractivity contribution in [1.29, 1.82) is 0 Å². The van der Waals surface area contributed by atoms with Gasteiger partial charge in [-0.15, -0.1) is 0 Å². The molecule has 0 spiro atoms. The average molecular weight is 281 g/mol. The normalized spacial score (nSPS) is 14.1. The summed E-state index contributed by atoms with van der Waals surface area (Å²) < 4.78 is 13.4. The lowest BCUT2D eigenvalue weighted by Gasteiger charge is -2.22. The van der Waals surface area contributed by atoms with Crippen LogP contribution in [0.15, 0.2) is 42.7 Å². The van der Waals surface area contributed by atoms with Crippen molar-refractivity contribution in [3.05, 3.63) is 64.7 Å². The first-order chi connectivity index (χ1) is 9.15. The van der Waals surface area contributed by atoms with Crippen molar-refractivity contribution >= 4 is 11.6 Å². The van der Waals surface area contributed by atoms with Crippen molar-refractivity contribution in [3.8, 4) is 0 Å². The lowest BCUT2D eigenvalue weighted by atomic mass is 9.90. The van der Waals surface area contributed by atoms with E-state index in [4.69, 9.17) is 17.3 Å². The Morgan fingerprint density at radius 1 is 1.32 bits per heavy atom. The second-order valence-corrected chi connectivity index (χ2v) is 4.59. The number of benzene rings is 1. The molecule has 0 saturated carbocycles. The van der Waals surface area contributed by atoms with Crippen molar-refractivity contribution in [2.45, 2.75) is 12.0 Å². The van der Waals surface area contributed by atoms with Crippen LogP contribution in [0.25, 0.3) is 0 Å². The zero-order chi connectivity index (χ0) is 13.8. The third-order valence-corrected chi connectivity index (χ3v) is 3.45. The minimum atomic E-state index is -0.975. The minimum absolute atomic E-state index is 0.0719. The van der Waals surface area contributed by atoms with E-state index >= 15 is 0 Å². The molecule has 2 unspecified atom stereocenters. The van der Waals surface area contributed by atoms with E-state index in [2.05, 4.69) is 4.98 Å². The highest BCUT2D eigenvalue weighted by atomic mass is 35.5. The SMILES string of the molecule is NCC(c1cccnc1)C(O)c1cccc(F)c1Cl. The molecule has 0 aliphatic carbocycles. The van der Waals surface area contributed by atoms with E-state index in [0.717, 1.165) is 5.56 Å². The van der Waals surface area contributed by atoms with Gasteiger partial charge in [-0.2, -0.15) is 0 Å². The summed E-state index contributed by atoms with van der Waals surface area (Å²) >= 11 is 5.89. The fourth-order valence-electron chi connectivity index (χ4n) is 2.01. The number of aliphatic hydroxyl groups is 1. The Kier molecular flexibility index (Phi) is 4.47. The standard InChI is InChI=1S/C14H14ClFN2O/c15-13-10(4-1-5-12(13)16)14(19)11(7-17)9-3-2-6-18-8-9/h1-6,8,11,14,19H,7,17H2. The molecule has 0 saturated heterocycles. The lowest BCUT2D eigenvalue weighted by molar-refractivity contribution is 0.147. The zero-order valence-electron chi connectivity index (χ0n) is 10.1. The van der Waals surface area contributed by atoms with Gasteiger partial charge in [0.15, 0.2) is 0 Å². The molecule has 2 rings (SSSR count). The van der Waals surface area contributed by atoms with E-state index in [1.54, 1.807) is 24.5 Å². The topological polar surface area (TPSA) is 59.1 Å². The van der Waals surface area contributed by atoms with Crippen molar-refractivity contribution in [3.63, 3.8) is 0 Å². The fourth-order valence-corrected chi connectivity index (χ4v) is 2.25. The highest BCUT2D eigenvalue weighted by molar-refractivity contribution is 6.31. The van der Waals surface area contributed by atoms with Crippen molar-refractivity contribution in [2.24, 2.45) is 5.73 Å². The van der Waals surface area contributed by atoms with Crippen molar-refractivity contribution in [1.82, 2.24) is 4.98 Å². The Bertz CT molecular complexity index is 550. The Morgan fingerprint density at radius 2 is 2.11 bits per heavy atom. The van der Waals surface area contributed by atoms with Gasteiger partial charge in [-0.25, -0.2) is 4.39 Å². The number of hydrogen-bond acceptors (Lipinski definition) is 3. The predicted molar refractivity (Wildman–Crippen MR) is 72.4 cm³/mol. The summed E-state index contributed by atoms with van der Waals surface area (Å²) in [7, 11) is 0. The summed E-state index contributed by atoms with van der Waals surface area (Å²) in [5.74, 6) is -0.937. The molecule has 1 aromatic carbocycles. The number of nitrogens with two attached hydrogens (primary N) is 1. The Balaban J connectivity index is 2.36. The molecule has 0 bridgehead atoms. The first-order valence-corrected chi connectivity index (χ1v) is 6.25. The van der Waals surface area contributed by atoms with E-state index in [0.29, 0.717) is 5.56 Å². The van der Waals surface area contributed by atoms with E-state index in [-0.39, 0.29) is 17.5 Å². The summed E-state index contributed by atoms with van der Waals surface area (Å²) in [4.78, 5) is 4.00. The predicted octanol–water partition coefficient (Wildman–Crippen LogP) is 2.65. The second kappa shape index (κ2) is 6.10. The largest absolute Gasteiger partial charge is 0.388 e. The summed E-state index contributed by atoms with van der Waals surface area (Å²) in [6, 6.07) is 7.94. The van der Waals surface area contributed by atoms with Gasteiger partial charge in [0.25, 0.3) is 0 Å². The van der Waals surface area contributed by atoms with Gasteiger partial charge in [-0.05, 0) is 17.7 Å². The molecule has 0 radical (unpaired) electrons. The number of hydrogen-bond donors (Lipinski definition) is 2. The van der Waals surface area contributed by atoms with Crippen LogP contribution in [0.2, 0.25) is 5.02 Å². The number of pyridine rings is 1. The van der Waals surface area contributed by atoms with E-state index in [1.165, 1.54) is 12.1 Å². The van der Waals surface area contributed by atoms with Crippen LogP contribution in [0, 0.1) is 5.82 Å². The van der Waals surface area contributed by atoms with Crippen LogP contribution < -0.4 is 5.73 Å². The first-order valence-electron chi connectivity index (χ1n) is 5.87. The van der Waals surface area contributed by atoms with Gasteiger partial charge in [0.05, 0.1) is 11.1 Å². The third-order valence-electron chi connectivity index (χ3n) is 3.05. The van der Waals surface area contributed by atoms with E-state index in [9.17, 15) is 9.50 Å². The van der Waals surface area contributed by atoms with Crippen LogP contribution in [-0.4, -0.2) is 16.6 Å². The summed E-state index contributed by atoms with van der Waals surface area (Å²) in [6.45, 7) is 0.208. The zero-order valence-corrected chi connectivity index (χ0v) is 10.9. The molecule has 19 heavy (non-hydrogen) atoms. The smallest absolute Gasteiger partial charge is 0.142 e. The molecule has 1 heterocycles. The fraction of sp³-hybridized carbons (Fsp3) is 0.214. The molecular formula is C14H14ClFN2O. The van der Waals surface area contributed by atoms with Gasteiger partial charge in [-0.3, -0.25) is 4.98 Å². The number of aromatic nitrogens is 1. The molecule has 0 aliphatic rings. The highest BCUT2D eigenvalue weighted by Gasteiger charge is 2.24. The number of aliphatic hydroxyl groups excluding tert-OH is 1. The summed E-state index contributed by atoms with van der Waals surface area (Å²) in [5.41, 5.74) is 6.83. The Hall–Kier alpha value is -1.49. The van der Waals surface area contributed by atoms with Gasteiger partial charge in [0.1, 0.15) is 5.82 Å². The maximum Gasteiger partial charge on any atom is 0.142 e. The maximum absolute atomic E-state index is 13.4. The molecule has 3 N–H and O–H groups in total. The minimum Gasteiger partial charge on any atom is -0.388 e. The third kappa shape index (κ3) is 2.92. The molecular weight excluding hydrogens is 267 g/mol. The van der Waals surface area contributed by atoms with Crippen LogP contribution in [0.5, 0.6) is 0 Å². The second-order valence-electron chi connectivity index (χ2n) is 4.22. The molecule has 0 fully saturated rings. The Morgan fingerprint density at radius 3 is 2.74 bits per heavy atom. The maximum atomic E-state index is 13.4. The van der Waals surface area contributed by atoms with Crippen LogP contribution in [0.3, 0.4) is 0 Å². The Labute approximate surface area is 115 Å². The van der Waals surface area contributed by atoms with Gasteiger partial charge < -0.3 is 10.8 Å². The van der Waals surface area contributed by atoms with E-state index < -0.39 is 11.9 Å². The lowest BCUT2D eigenvalue weighted by Crippen LogP contribution is -2.20. The summed E-state index contributed by atoms with van der Waals surface area (Å²) in [5, 5.41) is 10.3. The molecule has 5 heteroatoms. The summed E-state index contributed by atoms with van der Waals surface area (Å²) in [6.07, 6.45) is 2.30. The number of halogens is 2. The number of nitrogens with zero attached hydrogens (tertiary/aromatic N) is 1. The molecule has 0 amide bonds. The first kappa shape index (κ1) is 13.9. The van der Waals surface area contributed by atoms with Crippen molar-refractivity contribution in [2.75, 3.05) is 6.54 Å². The average Bonchev–Trinajstić information content (AvgIpc) is 2.44. The molecule has 2 atom stereocenters. The van der Waals surface area contributed by atoms with Gasteiger partial charge in [0, 0.05) is 30.4 Å². The quantitative estimate of drug-likeness (QED) is 0.905. The van der Waals surface area contributed by atoms with Crippen molar-refractivity contribution < 1.29 is 9.50 Å². The molecule has 0 aliphatic heterocycles. The molecule has 100 valence electrons. The van der Waals surface area contributed by atoms with Crippen LogP contribution in [0.1, 0.15) is 23.1 Å². The monoisotopic (exact) mass is 280 g/mol. The van der Waals surface area contributed by atoms with Gasteiger partial charge >= 0.3 is 0 Å². The van der Waals surface area contributed by atoms with Crippen LogP contribution in [0.4, 0.5) is 4.39 Å². The van der Waals surface area contributed by atoms with Crippen LogP contribution >= 0.6 is 11.6 Å².